The van der Waals surface area contributed by atoms with E-state index in [1.807, 2.05) is 36.1 Å². The van der Waals surface area contributed by atoms with Gasteiger partial charge in [-0.2, -0.15) is 10.2 Å². The Morgan fingerprint density at radius 3 is 2.89 bits per heavy atom. The zero-order valence-corrected chi connectivity index (χ0v) is 16.0. The first-order valence-electron chi connectivity index (χ1n) is 9.63. The van der Waals surface area contributed by atoms with Crippen molar-refractivity contribution in [3.63, 3.8) is 0 Å². The first kappa shape index (κ1) is 18.4. The molecule has 7 nitrogen and oxygen atoms in total. The summed E-state index contributed by atoms with van der Waals surface area (Å²) in [5, 5.41) is 11.8. The number of fused-ring (bicyclic) bond motifs is 1. The lowest BCUT2D eigenvalue weighted by Gasteiger charge is -2.22. The Kier molecular flexibility index (Phi) is 5.53. The summed E-state index contributed by atoms with van der Waals surface area (Å²) in [4.78, 5) is 12.2. The number of nitrogens with zero attached hydrogens (tertiary/aromatic N) is 4. The van der Waals surface area contributed by atoms with Crippen LogP contribution in [0.5, 0.6) is 0 Å². The van der Waals surface area contributed by atoms with Gasteiger partial charge >= 0.3 is 0 Å². The molecule has 0 unspecified atom stereocenters. The van der Waals surface area contributed by atoms with Crippen LogP contribution in [0.3, 0.4) is 0 Å². The van der Waals surface area contributed by atoms with Crippen molar-refractivity contribution in [1.82, 2.24) is 24.9 Å². The third-order valence-electron chi connectivity index (χ3n) is 4.94. The summed E-state index contributed by atoms with van der Waals surface area (Å²) >= 11 is 0. The van der Waals surface area contributed by atoms with Crippen molar-refractivity contribution in [3.05, 3.63) is 71.3 Å². The minimum atomic E-state index is -0.192. The lowest BCUT2D eigenvalue weighted by atomic mass is 10.1. The molecule has 0 spiro atoms. The number of carbonyl (C=O) groups excluding carboxylic acids is 1. The van der Waals surface area contributed by atoms with Crippen molar-refractivity contribution >= 4 is 5.91 Å². The highest BCUT2D eigenvalue weighted by Crippen LogP contribution is 2.25. The van der Waals surface area contributed by atoms with E-state index in [1.54, 1.807) is 10.9 Å². The second kappa shape index (κ2) is 8.39. The number of rotatable bonds is 7. The predicted octanol–water partition coefficient (Wildman–Crippen LogP) is 2.03. The topological polar surface area (TPSA) is 74.0 Å². The van der Waals surface area contributed by atoms with Gasteiger partial charge in [0.1, 0.15) is 6.10 Å². The van der Waals surface area contributed by atoms with Gasteiger partial charge in [-0.1, -0.05) is 30.3 Å². The number of ether oxygens (including phenoxy) is 1. The minimum absolute atomic E-state index is 0.0169. The smallest absolute Gasteiger partial charge is 0.220 e. The monoisotopic (exact) mass is 379 g/mol. The molecule has 1 aromatic carbocycles. The molecular formula is C21H25N5O2. The minimum Gasteiger partial charge on any atom is -0.370 e. The molecule has 2 aromatic heterocycles. The van der Waals surface area contributed by atoms with Gasteiger partial charge in [-0.3, -0.25) is 14.2 Å². The molecule has 0 saturated carbocycles. The molecule has 0 fully saturated rings. The molecule has 1 aliphatic heterocycles. The average molecular weight is 379 g/mol. The van der Waals surface area contributed by atoms with Gasteiger partial charge in [0.15, 0.2) is 0 Å². The highest BCUT2D eigenvalue weighted by atomic mass is 16.5. The third-order valence-corrected chi connectivity index (χ3v) is 4.94. The van der Waals surface area contributed by atoms with E-state index in [1.165, 1.54) is 11.1 Å². The van der Waals surface area contributed by atoms with E-state index in [2.05, 4.69) is 28.7 Å². The van der Waals surface area contributed by atoms with Crippen LogP contribution in [0.4, 0.5) is 0 Å². The Morgan fingerprint density at radius 2 is 2.11 bits per heavy atom. The van der Waals surface area contributed by atoms with E-state index in [0.29, 0.717) is 26.0 Å². The van der Waals surface area contributed by atoms with Crippen LogP contribution in [0, 0.1) is 0 Å². The molecule has 0 aliphatic carbocycles. The van der Waals surface area contributed by atoms with E-state index in [9.17, 15) is 4.79 Å². The highest BCUT2D eigenvalue weighted by Gasteiger charge is 2.25. The van der Waals surface area contributed by atoms with Gasteiger partial charge in [-0.15, -0.1) is 0 Å². The van der Waals surface area contributed by atoms with Crippen LogP contribution in [-0.2, 0) is 36.0 Å². The zero-order chi connectivity index (χ0) is 19.3. The van der Waals surface area contributed by atoms with Crippen molar-refractivity contribution in [2.24, 2.45) is 7.05 Å². The van der Waals surface area contributed by atoms with Crippen LogP contribution in [-0.4, -0.2) is 38.6 Å². The van der Waals surface area contributed by atoms with Gasteiger partial charge in [-0.25, -0.2) is 0 Å². The number of nitrogens with one attached hydrogen (secondary N) is 1. The van der Waals surface area contributed by atoms with E-state index < -0.39 is 0 Å². The molecule has 1 aliphatic rings. The molecule has 3 heterocycles. The van der Waals surface area contributed by atoms with Crippen molar-refractivity contribution in [2.75, 3.05) is 13.2 Å². The van der Waals surface area contributed by atoms with Gasteiger partial charge in [0.2, 0.25) is 5.91 Å². The van der Waals surface area contributed by atoms with Gasteiger partial charge in [0.05, 0.1) is 25.0 Å². The summed E-state index contributed by atoms with van der Waals surface area (Å²) < 4.78 is 9.59. The number of aromatic nitrogens is 4. The van der Waals surface area contributed by atoms with Gasteiger partial charge in [-0.05, 0) is 29.5 Å². The maximum atomic E-state index is 12.2. The second-order valence-corrected chi connectivity index (χ2v) is 7.16. The predicted molar refractivity (Wildman–Crippen MR) is 105 cm³/mol. The Balaban J connectivity index is 1.33. The average Bonchev–Trinajstić information content (AvgIpc) is 3.31. The summed E-state index contributed by atoms with van der Waals surface area (Å²) in [6.07, 6.45) is 7.61. The van der Waals surface area contributed by atoms with Crippen molar-refractivity contribution in [1.29, 1.82) is 0 Å². The number of hydrogen-bond donors (Lipinski definition) is 1. The first-order chi connectivity index (χ1) is 13.7. The molecule has 4 rings (SSSR count). The van der Waals surface area contributed by atoms with Crippen molar-refractivity contribution in [2.45, 2.75) is 31.9 Å². The van der Waals surface area contributed by atoms with Crippen LogP contribution in [0.1, 0.15) is 34.9 Å². The normalized spacial score (nSPS) is 16.0. The fraction of sp³-hybridized carbons (Fsp3) is 0.381. The molecule has 7 heteroatoms. The van der Waals surface area contributed by atoms with E-state index >= 15 is 0 Å². The van der Waals surface area contributed by atoms with E-state index in [0.717, 1.165) is 24.2 Å². The third kappa shape index (κ3) is 4.48. The largest absolute Gasteiger partial charge is 0.370 e. The Hall–Kier alpha value is -2.93. The lowest BCUT2D eigenvalue weighted by molar-refractivity contribution is -0.121. The van der Waals surface area contributed by atoms with Gasteiger partial charge < -0.3 is 10.1 Å². The Morgan fingerprint density at radius 1 is 1.25 bits per heavy atom. The number of carbonyl (C=O) groups is 1. The molecule has 1 N–H and O–H groups in total. The van der Waals surface area contributed by atoms with Crippen molar-refractivity contribution < 1.29 is 9.53 Å². The number of benzene rings is 1. The maximum absolute atomic E-state index is 12.2. The Bertz CT molecular complexity index is 931. The molecule has 0 radical (unpaired) electrons. The number of amides is 1. The molecule has 0 saturated heterocycles. The summed E-state index contributed by atoms with van der Waals surface area (Å²) in [5.74, 6) is 0.0169. The van der Waals surface area contributed by atoms with E-state index in [-0.39, 0.29) is 12.0 Å². The summed E-state index contributed by atoms with van der Waals surface area (Å²) in [5.41, 5.74) is 4.42. The Labute approximate surface area is 164 Å². The second-order valence-electron chi connectivity index (χ2n) is 7.16. The summed E-state index contributed by atoms with van der Waals surface area (Å²) in [6, 6.07) is 10.3. The van der Waals surface area contributed by atoms with Crippen LogP contribution < -0.4 is 5.32 Å². The SMILES string of the molecule is Cn1cc(CCC(=O)NC[C@H]2OCCc3cn(Cc4ccccc4)nc32)cn1. The number of hydrogen-bond acceptors (Lipinski definition) is 4. The fourth-order valence-electron chi connectivity index (χ4n) is 3.49. The molecular weight excluding hydrogens is 354 g/mol. The van der Waals surface area contributed by atoms with Gasteiger partial charge in [0, 0.05) is 32.4 Å². The van der Waals surface area contributed by atoms with Crippen LogP contribution >= 0.6 is 0 Å². The summed E-state index contributed by atoms with van der Waals surface area (Å²) in [6.45, 7) is 1.83. The number of aryl methyl sites for hydroxylation is 2. The standard InChI is InChI=1S/C21H25N5O2/c1-25-13-17(11-23-25)7-8-20(27)22-12-19-21-18(9-10-28-19)15-26(24-21)14-16-5-3-2-4-6-16/h2-6,11,13,15,19H,7-10,12,14H2,1H3,(H,22,27)/t19-/m1/s1. The molecule has 28 heavy (non-hydrogen) atoms. The van der Waals surface area contributed by atoms with E-state index in [4.69, 9.17) is 9.84 Å². The molecule has 0 bridgehead atoms. The lowest BCUT2D eigenvalue weighted by Crippen LogP contribution is -2.32. The van der Waals surface area contributed by atoms with Crippen LogP contribution in [0.15, 0.2) is 48.9 Å². The molecule has 1 atom stereocenters. The fourth-order valence-corrected chi connectivity index (χ4v) is 3.49. The van der Waals surface area contributed by atoms with Crippen LogP contribution in [0.2, 0.25) is 0 Å². The zero-order valence-electron chi connectivity index (χ0n) is 16.0. The summed E-state index contributed by atoms with van der Waals surface area (Å²) in [7, 11) is 1.87. The highest BCUT2D eigenvalue weighted by molar-refractivity contribution is 5.76. The maximum Gasteiger partial charge on any atom is 0.220 e. The van der Waals surface area contributed by atoms with Gasteiger partial charge in [0.25, 0.3) is 0 Å². The molecule has 146 valence electrons. The first-order valence-corrected chi connectivity index (χ1v) is 9.63. The molecule has 1 amide bonds. The molecule has 3 aromatic rings. The quantitative estimate of drug-likeness (QED) is 0.682. The van der Waals surface area contributed by atoms with Crippen molar-refractivity contribution in [3.8, 4) is 0 Å². The van der Waals surface area contributed by atoms with Crippen LogP contribution in [0.25, 0.3) is 0 Å².